The SMILES string of the molecule is COCc1ccccc1CNc1ccc(C)cc1[N+](=O)[O-]. The Hall–Kier alpha value is -2.40. The molecule has 5 nitrogen and oxygen atoms in total. The maximum absolute atomic E-state index is 11.1. The van der Waals surface area contributed by atoms with Gasteiger partial charge in [0.1, 0.15) is 5.69 Å². The van der Waals surface area contributed by atoms with Crippen LogP contribution in [0.25, 0.3) is 0 Å². The maximum atomic E-state index is 11.1. The van der Waals surface area contributed by atoms with E-state index >= 15 is 0 Å². The van der Waals surface area contributed by atoms with Gasteiger partial charge in [-0.1, -0.05) is 30.3 Å². The summed E-state index contributed by atoms with van der Waals surface area (Å²) in [5.41, 5.74) is 3.63. The topological polar surface area (TPSA) is 64.4 Å². The molecule has 0 aliphatic carbocycles. The number of methoxy groups -OCH3 is 1. The summed E-state index contributed by atoms with van der Waals surface area (Å²) in [5.74, 6) is 0. The van der Waals surface area contributed by atoms with Gasteiger partial charge in [0.05, 0.1) is 11.5 Å². The Labute approximate surface area is 123 Å². The highest BCUT2D eigenvalue weighted by Crippen LogP contribution is 2.26. The third kappa shape index (κ3) is 3.79. The minimum absolute atomic E-state index is 0.0965. The fourth-order valence-electron chi connectivity index (χ4n) is 2.16. The second-order valence-electron chi connectivity index (χ2n) is 4.83. The molecular formula is C16H18N2O3. The van der Waals surface area contributed by atoms with Crippen LogP contribution in [0.4, 0.5) is 11.4 Å². The second-order valence-corrected chi connectivity index (χ2v) is 4.83. The number of nitro benzene ring substituents is 1. The molecule has 21 heavy (non-hydrogen) atoms. The van der Waals surface area contributed by atoms with Gasteiger partial charge in [-0.05, 0) is 29.7 Å². The summed E-state index contributed by atoms with van der Waals surface area (Å²) in [5, 5.41) is 14.2. The summed E-state index contributed by atoms with van der Waals surface area (Å²) in [6.07, 6.45) is 0. The molecule has 0 aromatic heterocycles. The Kier molecular flexibility index (Phi) is 4.90. The molecule has 0 heterocycles. The zero-order chi connectivity index (χ0) is 15.2. The smallest absolute Gasteiger partial charge is 0.292 e. The quantitative estimate of drug-likeness (QED) is 0.650. The van der Waals surface area contributed by atoms with E-state index in [1.165, 1.54) is 0 Å². The first-order chi connectivity index (χ1) is 10.1. The second kappa shape index (κ2) is 6.85. The summed E-state index contributed by atoms with van der Waals surface area (Å²) < 4.78 is 5.16. The first-order valence-electron chi connectivity index (χ1n) is 6.66. The van der Waals surface area contributed by atoms with Crippen molar-refractivity contribution < 1.29 is 9.66 Å². The standard InChI is InChI=1S/C16H18N2O3/c1-12-7-8-15(16(9-12)18(19)20)17-10-13-5-3-4-6-14(13)11-21-2/h3-9,17H,10-11H2,1-2H3. The Balaban J connectivity index is 2.19. The number of hydrogen-bond acceptors (Lipinski definition) is 4. The van der Waals surface area contributed by atoms with Crippen LogP contribution in [0, 0.1) is 17.0 Å². The molecule has 0 unspecified atom stereocenters. The molecule has 0 aliphatic heterocycles. The number of nitrogens with one attached hydrogen (secondary N) is 1. The molecule has 2 aromatic rings. The molecule has 5 heteroatoms. The van der Waals surface area contributed by atoms with Crippen molar-refractivity contribution in [3.05, 3.63) is 69.3 Å². The van der Waals surface area contributed by atoms with E-state index < -0.39 is 0 Å². The van der Waals surface area contributed by atoms with E-state index in [1.54, 1.807) is 19.2 Å². The summed E-state index contributed by atoms with van der Waals surface area (Å²) in [6, 6.07) is 13.0. The number of hydrogen-bond donors (Lipinski definition) is 1. The predicted octanol–water partition coefficient (Wildman–Crippen LogP) is 3.66. The van der Waals surface area contributed by atoms with Gasteiger partial charge in [0.25, 0.3) is 5.69 Å². The molecule has 0 spiro atoms. The zero-order valence-corrected chi connectivity index (χ0v) is 12.1. The third-order valence-corrected chi connectivity index (χ3v) is 3.24. The third-order valence-electron chi connectivity index (χ3n) is 3.24. The number of ether oxygens (including phenoxy) is 1. The maximum Gasteiger partial charge on any atom is 0.292 e. The summed E-state index contributed by atoms with van der Waals surface area (Å²) >= 11 is 0. The molecule has 0 radical (unpaired) electrons. The van der Waals surface area contributed by atoms with Crippen molar-refractivity contribution in [3.63, 3.8) is 0 Å². The van der Waals surface area contributed by atoms with Gasteiger partial charge in [-0.15, -0.1) is 0 Å². The highest BCUT2D eigenvalue weighted by atomic mass is 16.6. The fraction of sp³-hybridized carbons (Fsp3) is 0.250. The van der Waals surface area contributed by atoms with Crippen LogP contribution < -0.4 is 5.32 Å². The van der Waals surface area contributed by atoms with Crippen LogP contribution in [-0.4, -0.2) is 12.0 Å². The molecule has 110 valence electrons. The molecule has 2 aromatic carbocycles. The predicted molar refractivity (Wildman–Crippen MR) is 82.3 cm³/mol. The molecule has 0 amide bonds. The van der Waals surface area contributed by atoms with E-state index in [1.807, 2.05) is 37.3 Å². The van der Waals surface area contributed by atoms with Crippen LogP contribution in [0.15, 0.2) is 42.5 Å². The van der Waals surface area contributed by atoms with Crippen molar-refractivity contribution in [2.45, 2.75) is 20.1 Å². The van der Waals surface area contributed by atoms with Crippen LogP contribution >= 0.6 is 0 Å². The molecular weight excluding hydrogens is 268 g/mol. The summed E-state index contributed by atoms with van der Waals surface area (Å²) in [4.78, 5) is 10.7. The number of anilines is 1. The lowest BCUT2D eigenvalue weighted by Gasteiger charge is -2.11. The molecule has 0 atom stereocenters. The van der Waals surface area contributed by atoms with Crippen LogP contribution in [0.3, 0.4) is 0 Å². The number of aryl methyl sites for hydroxylation is 1. The lowest BCUT2D eigenvalue weighted by molar-refractivity contribution is -0.384. The number of rotatable bonds is 6. The van der Waals surface area contributed by atoms with Gasteiger partial charge in [0.2, 0.25) is 0 Å². The molecule has 0 bridgehead atoms. The Bertz CT molecular complexity index is 641. The normalized spacial score (nSPS) is 10.4. The number of benzene rings is 2. The highest BCUT2D eigenvalue weighted by Gasteiger charge is 2.13. The van der Waals surface area contributed by atoms with Gasteiger partial charge in [-0.2, -0.15) is 0 Å². The van der Waals surface area contributed by atoms with Crippen LogP contribution in [0.2, 0.25) is 0 Å². The number of nitro groups is 1. The van der Waals surface area contributed by atoms with Gasteiger partial charge in [0, 0.05) is 19.7 Å². The molecule has 0 saturated carbocycles. The zero-order valence-electron chi connectivity index (χ0n) is 12.1. The Morgan fingerprint density at radius 1 is 1.19 bits per heavy atom. The Morgan fingerprint density at radius 3 is 2.57 bits per heavy atom. The van der Waals surface area contributed by atoms with Crippen molar-refractivity contribution in [2.75, 3.05) is 12.4 Å². The average molecular weight is 286 g/mol. The van der Waals surface area contributed by atoms with E-state index in [-0.39, 0.29) is 10.6 Å². The molecule has 0 saturated heterocycles. The minimum Gasteiger partial charge on any atom is -0.380 e. The van der Waals surface area contributed by atoms with E-state index in [4.69, 9.17) is 4.74 Å². The molecule has 0 aliphatic rings. The van der Waals surface area contributed by atoms with E-state index in [0.717, 1.165) is 16.7 Å². The van der Waals surface area contributed by atoms with Crippen LogP contribution in [0.1, 0.15) is 16.7 Å². The van der Waals surface area contributed by atoms with Crippen LogP contribution in [0.5, 0.6) is 0 Å². The van der Waals surface area contributed by atoms with Crippen molar-refractivity contribution in [3.8, 4) is 0 Å². The van der Waals surface area contributed by atoms with E-state index in [0.29, 0.717) is 18.8 Å². The van der Waals surface area contributed by atoms with E-state index in [9.17, 15) is 10.1 Å². The van der Waals surface area contributed by atoms with Gasteiger partial charge >= 0.3 is 0 Å². The Morgan fingerprint density at radius 2 is 1.90 bits per heavy atom. The lowest BCUT2D eigenvalue weighted by atomic mass is 10.1. The minimum atomic E-state index is -0.365. The van der Waals surface area contributed by atoms with Gasteiger partial charge in [-0.25, -0.2) is 0 Å². The van der Waals surface area contributed by atoms with Gasteiger partial charge in [-0.3, -0.25) is 10.1 Å². The highest BCUT2D eigenvalue weighted by molar-refractivity contribution is 5.62. The van der Waals surface area contributed by atoms with Gasteiger partial charge < -0.3 is 10.1 Å². The summed E-state index contributed by atoms with van der Waals surface area (Å²) in [7, 11) is 1.65. The molecule has 1 N–H and O–H groups in total. The van der Waals surface area contributed by atoms with Crippen molar-refractivity contribution >= 4 is 11.4 Å². The van der Waals surface area contributed by atoms with Crippen molar-refractivity contribution in [2.24, 2.45) is 0 Å². The molecule has 2 rings (SSSR count). The lowest BCUT2D eigenvalue weighted by Crippen LogP contribution is -2.05. The monoisotopic (exact) mass is 286 g/mol. The largest absolute Gasteiger partial charge is 0.380 e. The fourth-order valence-corrected chi connectivity index (χ4v) is 2.16. The first kappa shape index (κ1) is 15.0. The van der Waals surface area contributed by atoms with Crippen LogP contribution in [-0.2, 0) is 17.9 Å². The van der Waals surface area contributed by atoms with E-state index in [2.05, 4.69) is 5.32 Å². The average Bonchev–Trinajstić information content (AvgIpc) is 2.47. The summed E-state index contributed by atoms with van der Waals surface area (Å²) in [6.45, 7) is 2.88. The van der Waals surface area contributed by atoms with Crippen molar-refractivity contribution in [1.29, 1.82) is 0 Å². The van der Waals surface area contributed by atoms with Crippen molar-refractivity contribution in [1.82, 2.24) is 0 Å². The molecule has 0 fully saturated rings. The first-order valence-corrected chi connectivity index (χ1v) is 6.66. The van der Waals surface area contributed by atoms with Gasteiger partial charge in [0.15, 0.2) is 0 Å². The number of nitrogens with zero attached hydrogens (tertiary/aromatic N) is 1.